The Hall–Kier alpha value is -2.43. The van der Waals surface area contributed by atoms with Crippen LogP contribution in [0.15, 0.2) is 29.1 Å². The van der Waals surface area contributed by atoms with Crippen molar-refractivity contribution in [3.8, 4) is 11.4 Å². The minimum atomic E-state index is -0.143. The molecule has 5 heteroatoms. The van der Waals surface area contributed by atoms with E-state index in [1.54, 1.807) is 4.52 Å². The molecule has 1 aromatic carbocycles. The molecule has 0 unspecified atom stereocenters. The molecule has 0 radical (unpaired) electrons. The van der Waals surface area contributed by atoms with Crippen LogP contribution in [-0.2, 0) is 6.42 Å². The van der Waals surface area contributed by atoms with Gasteiger partial charge < -0.3 is 4.98 Å². The van der Waals surface area contributed by atoms with Crippen molar-refractivity contribution in [1.82, 2.24) is 19.6 Å². The fourth-order valence-electron chi connectivity index (χ4n) is 2.58. The number of nitrogens with one attached hydrogen (secondary N) is 1. The van der Waals surface area contributed by atoms with Gasteiger partial charge in [0.05, 0.1) is 5.69 Å². The predicted octanol–water partition coefficient (Wildman–Crippen LogP) is 2.65. The highest BCUT2D eigenvalue weighted by molar-refractivity contribution is 5.61. The van der Waals surface area contributed by atoms with Gasteiger partial charge in [-0.15, -0.1) is 5.10 Å². The standard InChI is InChI=1S/C16H18N4O/c1-4-7-13-17-11(3)14-16(21)18-15(19-20(13)14)12-9-6-5-8-10(12)2/h5-6,8-9H,4,7H2,1-3H3,(H,18,19,21). The van der Waals surface area contributed by atoms with Gasteiger partial charge in [0.25, 0.3) is 5.56 Å². The highest BCUT2D eigenvalue weighted by Gasteiger charge is 2.14. The lowest BCUT2D eigenvalue weighted by Crippen LogP contribution is -2.15. The molecule has 3 aromatic rings. The number of rotatable bonds is 3. The Morgan fingerprint density at radius 3 is 2.71 bits per heavy atom. The van der Waals surface area contributed by atoms with Crippen LogP contribution in [0.3, 0.4) is 0 Å². The fourth-order valence-corrected chi connectivity index (χ4v) is 2.58. The zero-order valence-corrected chi connectivity index (χ0v) is 12.5. The third kappa shape index (κ3) is 2.24. The summed E-state index contributed by atoms with van der Waals surface area (Å²) in [5.41, 5.74) is 3.13. The Morgan fingerprint density at radius 1 is 1.24 bits per heavy atom. The largest absolute Gasteiger partial charge is 0.303 e. The lowest BCUT2D eigenvalue weighted by Gasteiger charge is -2.06. The van der Waals surface area contributed by atoms with Crippen LogP contribution in [0, 0.1) is 13.8 Å². The molecule has 2 heterocycles. The third-order valence-corrected chi connectivity index (χ3v) is 3.62. The topological polar surface area (TPSA) is 63.0 Å². The molecule has 21 heavy (non-hydrogen) atoms. The van der Waals surface area contributed by atoms with Crippen LogP contribution < -0.4 is 5.56 Å². The number of benzene rings is 1. The summed E-state index contributed by atoms with van der Waals surface area (Å²) in [6.45, 7) is 5.94. The molecular formula is C16H18N4O. The van der Waals surface area contributed by atoms with Crippen molar-refractivity contribution in [3.63, 3.8) is 0 Å². The first-order valence-corrected chi connectivity index (χ1v) is 7.16. The maximum absolute atomic E-state index is 12.4. The van der Waals surface area contributed by atoms with Gasteiger partial charge in [-0.05, 0) is 25.8 Å². The Balaban J connectivity index is 2.30. The molecule has 0 aliphatic carbocycles. The van der Waals surface area contributed by atoms with Crippen molar-refractivity contribution in [3.05, 3.63) is 51.7 Å². The lowest BCUT2D eigenvalue weighted by molar-refractivity contribution is 0.765. The van der Waals surface area contributed by atoms with Gasteiger partial charge in [0, 0.05) is 12.0 Å². The van der Waals surface area contributed by atoms with E-state index < -0.39 is 0 Å². The van der Waals surface area contributed by atoms with Crippen LogP contribution in [-0.4, -0.2) is 19.6 Å². The van der Waals surface area contributed by atoms with Crippen LogP contribution in [0.5, 0.6) is 0 Å². The summed E-state index contributed by atoms with van der Waals surface area (Å²) in [7, 11) is 0. The first-order valence-electron chi connectivity index (χ1n) is 7.16. The van der Waals surface area contributed by atoms with E-state index in [0.717, 1.165) is 35.5 Å². The summed E-state index contributed by atoms with van der Waals surface area (Å²) >= 11 is 0. The molecule has 0 saturated heterocycles. The lowest BCUT2D eigenvalue weighted by atomic mass is 10.1. The molecule has 2 aromatic heterocycles. The number of aryl methyl sites for hydroxylation is 3. The number of fused-ring (bicyclic) bond motifs is 1. The highest BCUT2D eigenvalue weighted by atomic mass is 16.1. The molecule has 0 fully saturated rings. The minimum absolute atomic E-state index is 0.143. The van der Waals surface area contributed by atoms with E-state index in [1.807, 2.05) is 38.1 Å². The summed E-state index contributed by atoms with van der Waals surface area (Å²) in [5.74, 6) is 1.42. The van der Waals surface area contributed by atoms with E-state index in [1.165, 1.54) is 0 Å². The second kappa shape index (κ2) is 5.16. The van der Waals surface area contributed by atoms with Crippen molar-refractivity contribution in [2.24, 2.45) is 0 Å². The van der Waals surface area contributed by atoms with Gasteiger partial charge in [-0.1, -0.05) is 31.2 Å². The molecule has 108 valence electrons. The van der Waals surface area contributed by atoms with Gasteiger partial charge >= 0.3 is 0 Å². The van der Waals surface area contributed by atoms with Crippen LogP contribution in [0.1, 0.15) is 30.4 Å². The van der Waals surface area contributed by atoms with E-state index in [4.69, 9.17) is 0 Å². The van der Waals surface area contributed by atoms with Crippen molar-refractivity contribution >= 4 is 5.52 Å². The fraction of sp³-hybridized carbons (Fsp3) is 0.312. The number of aromatic amines is 1. The maximum atomic E-state index is 12.4. The summed E-state index contributed by atoms with van der Waals surface area (Å²) in [5, 5.41) is 4.61. The number of imidazole rings is 1. The van der Waals surface area contributed by atoms with Gasteiger partial charge in [-0.2, -0.15) is 0 Å². The normalized spacial score (nSPS) is 11.2. The minimum Gasteiger partial charge on any atom is -0.303 e. The molecule has 0 spiro atoms. The molecule has 0 saturated carbocycles. The summed E-state index contributed by atoms with van der Waals surface area (Å²) < 4.78 is 1.69. The molecule has 1 N–H and O–H groups in total. The molecule has 0 bridgehead atoms. The SMILES string of the molecule is CCCc1nc(C)c2c(=O)[nH]c(-c3ccccc3C)nn12. The first-order chi connectivity index (χ1) is 10.1. The molecule has 0 aliphatic heterocycles. The van der Waals surface area contributed by atoms with Crippen LogP contribution in [0.2, 0.25) is 0 Å². The zero-order valence-electron chi connectivity index (χ0n) is 12.5. The Labute approximate surface area is 122 Å². The average Bonchev–Trinajstić information content (AvgIpc) is 2.77. The van der Waals surface area contributed by atoms with E-state index in [9.17, 15) is 4.79 Å². The first kappa shape index (κ1) is 13.5. The van der Waals surface area contributed by atoms with E-state index >= 15 is 0 Å². The molecule has 0 aliphatic rings. The number of hydrogen-bond donors (Lipinski definition) is 1. The quantitative estimate of drug-likeness (QED) is 0.803. The number of aromatic nitrogens is 4. The van der Waals surface area contributed by atoms with E-state index in [-0.39, 0.29) is 5.56 Å². The highest BCUT2D eigenvalue weighted by Crippen LogP contribution is 2.19. The smallest absolute Gasteiger partial charge is 0.277 e. The molecule has 3 rings (SSSR count). The zero-order chi connectivity index (χ0) is 15.0. The van der Waals surface area contributed by atoms with Crippen molar-refractivity contribution in [2.75, 3.05) is 0 Å². The van der Waals surface area contributed by atoms with Crippen LogP contribution in [0.4, 0.5) is 0 Å². The predicted molar refractivity (Wildman–Crippen MR) is 82.5 cm³/mol. The second-order valence-electron chi connectivity index (χ2n) is 5.24. The van der Waals surface area contributed by atoms with Crippen molar-refractivity contribution < 1.29 is 0 Å². The van der Waals surface area contributed by atoms with Crippen molar-refractivity contribution in [2.45, 2.75) is 33.6 Å². The number of nitrogens with zero attached hydrogens (tertiary/aromatic N) is 3. The molecule has 0 atom stereocenters. The van der Waals surface area contributed by atoms with Crippen LogP contribution in [0.25, 0.3) is 16.9 Å². The van der Waals surface area contributed by atoms with Gasteiger partial charge in [0.1, 0.15) is 5.82 Å². The monoisotopic (exact) mass is 282 g/mol. The summed E-state index contributed by atoms with van der Waals surface area (Å²) in [6.07, 6.45) is 1.77. The van der Waals surface area contributed by atoms with Gasteiger partial charge in [0.15, 0.2) is 11.3 Å². The van der Waals surface area contributed by atoms with Gasteiger partial charge in [-0.25, -0.2) is 9.50 Å². The molecular weight excluding hydrogens is 264 g/mol. The third-order valence-electron chi connectivity index (χ3n) is 3.62. The Kier molecular flexibility index (Phi) is 3.33. The number of H-pyrrole nitrogens is 1. The van der Waals surface area contributed by atoms with Gasteiger partial charge in [0.2, 0.25) is 0 Å². The molecule has 0 amide bonds. The second-order valence-corrected chi connectivity index (χ2v) is 5.24. The van der Waals surface area contributed by atoms with E-state index in [0.29, 0.717) is 11.3 Å². The summed E-state index contributed by atoms with van der Waals surface area (Å²) in [6, 6.07) is 7.88. The Morgan fingerprint density at radius 2 is 2.00 bits per heavy atom. The van der Waals surface area contributed by atoms with Crippen molar-refractivity contribution in [1.29, 1.82) is 0 Å². The van der Waals surface area contributed by atoms with E-state index in [2.05, 4.69) is 22.0 Å². The number of hydrogen-bond acceptors (Lipinski definition) is 3. The maximum Gasteiger partial charge on any atom is 0.277 e. The van der Waals surface area contributed by atoms with Gasteiger partial charge in [-0.3, -0.25) is 4.79 Å². The summed E-state index contributed by atoms with van der Waals surface area (Å²) in [4.78, 5) is 19.7. The molecule has 5 nitrogen and oxygen atoms in total. The van der Waals surface area contributed by atoms with Crippen LogP contribution >= 0.6 is 0 Å². The Bertz CT molecular complexity index is 860. The average molecular weight is 282 g/mol.